The molecule has 0 spiro atoms. The second-order valence-corrected chi connectivity index (χ2v) is 3.98. The van der Waals surface area contributed by atoms with Crippen LogP contribution in [0.25, 0.3) is 0 Å². The summed E-state index contributed by atoms with van der Waals surface area (Å²) >= 11 is 0. The van der Waals surface area contributed by atoms with Crippen LogP contribution in [-0.2, 0) is 4.79 Å². The number of unbranched alkanes of at least 4 members (excludes halogenated alkanes) is 1. The highest BCUT2D eigenvalue weighted by Crippen LogP contribution is 2.15. The van der Waals surface area contributed by atoms with Gasteiger partial charge >= 0.3 is 0 Å². The molecule has 0 bridgehead atoms. The van der Waals surface area contributed by atoms with Gasteiger partial charge in [-0.3, -0.25) is 4.79 Å². The summed E-state index contributed by atoms with van der Waals surface area (Å²) in [6.07, 6.45) is 1.54. The number of hydrogen-bond donors (Lipinski definition) is 2. The third-order valence-electron chi connectivity index (χ3n) is 2.37. The fraction of sp³-hybridized carbons (Fsp3) is 0.462. The summed E-state index contributed by atoms with van der Waals surface area (Å²) in [6.45, 7) is 4.50. The summed E-state index contributed by atoms with van der Waals surface area (Å²) in [6, 6.07) is 7.06. The molecule has 0 aliphatic heterocycles. The second kappa shape index (κ2) is 6.78. The first-order valence-corrected chi connectivity index (χ1v) is 5.93. The zero-order valence-corrected chi connectivity index (χ0v) is 10.4. The van der Waals surface area contributed by atoms with Gasteiger partial charge in [-0.1, -0.05) is 19.4 Å². The van der Waals surface area contributed by atoms with Gasteiger partial charge in [0.1, 0.15) is 5.75 Å². The van der Waals surface area contributed by atoms with Crippen molar-refractivity contribution in [3.05, 3.63) is 24.3 Å². The first-order valence-electron chi connectivity index (χ1n) is 5.93. The Kier molecular flexibility index (Phi) is 5.33. The molecule has 0 radical (unpaired) electrons. The zero-order valence-electron chi connectivity index (χ0n) is 10.4. The van der Waals surface area contributed by atoms with Crippen molar-refractivity contribution in [2.45, 2.75) is 32.8 Å². The topological polar surface area (TPSA) is 64.3 Å². The highest BCUT2D eigenvalue weighted by Gasteiger charge is 2.13. The molecule has 0 aliphatic rings. The summed E-state index contributed by atoms with van der Waals surface area (Å²) in [4.78, 5) is 11.6. The van der Waals surface area contributed by atoms with E-state index in [0.29, 0.717) is 18.0 Å². The fourth-order valence-corrected chi connectivity index (χ4v) is 1.38. The first kappa shape index (κ1) is 13.4. The molecule has 0 aliphatic carbocycles. The number of nitrogen functional groups attached to an aromatic ring is 1. The number of hydrogen-bond acceptors (Lipinski definition) is 3. The van der Waals surface area contributed by atoms with Gasteiger partial charge in [0.05, 0.1) is 0 Å². The molecule has 4 heteroatoms. The molecule has 1 atom stereocenters. The Morgan fingerprint density at radius 2 is 2.29 bits per heavy atom. The van der Waals surface area contributed by atoms with Crippen LogP contribution in [0.3, 0.4) is 0 Å². The summed E-state index contributed by atoms with van der Waals surface area (Å²) in [5.74, 6) is 0.518. The predicted octanol–water partition coefficient (Wildman–Crippen LogP) is 1.95. The van der Waals surface area contributed by atoms with E-state index in [0.717, 1.165) is 12.8 Å². The van der Waals surface area contributed by atoms with Gasteiger partial charge in [0.15, 0.2) is 6.10 Å². The molecule has 0 fully saturated rings. The Morgan fingerprint density at radius 1 is 1.53 bits per heavy atom. The monoisotopic (exact) mass is 236 g/mol. The molecule has 1 rings (SSSR count). The van der Waals surface area contributed by atoms with Crippen molar-refractivity contribution in [1.29, 1.82) is 0 Å². The molecule has 4 nitrogen and oxygen atoms in total. The molecular weight excluding hydrogens is 216 g/mol. The molecule has 1 amide bonds. The molecule has 1 aromatic rings. The van der Waals surface area contributed by atoms with Crippen LogP contribution in [0.4, 0.5) is 5.69 Å². The summed E-state index contributed by atoms with van der Waals surface area (Å²) in [7, 11) is 0. The number of nitrogens with two attached hydrogens (primary N) is 1. The van der Waals surface area contributed by atoms with Gasteiger partial charge in [0, 0.05) is 18.3 Å². The van der Waals surface area contributed by atoms with E-state index < -0.39 is 6.10 Å². The van der Waals surface area contributed by atoms with Crippen molar-refractivity contribution in [3.8, 4) is 5.75 Å². The summed E-state index contributed by atoms with van der Waals surface area (Å²) in [5.41, 5.74) is 6.25. The van der Waals surface area contributed by atoms with Crippen LogP contribution >= 0.6 is 0 Å². The van der Waals surface area contributed by atoms with E-state index in [1.807, 2.05) is 0 Å². The van der Waals surface area contributed by atoms with Crippen molar-refractivity contribution in [2.24, 2.45) is 0 Å². The van der Waals surface area contributed by atoms with Crippen LogP contribution in [0, 0.1) is 0 Å². The number of rotatable bonds is 6. The molecule has 0 saturated heterocycles. The number of nitrogens with one attached hydrogen (secondary N) is 1. The number of ether oxygens (including phenoxy) is 1. The van der Waals surface area contributed by atoms with Crippen molar-refractivity contribution >= 4 is 11.6 Å². The molecule has 0 heterocycles. The maximum atomic E-state index is 11.6. The lowest BCUT2D eigenvalue weighted by atomic mass is 10.3. The van der Waals surface area contributed by atoms with Gasteiger partial charge < -0.3 is 15.8 Å². The highest BCUT2D eigenvalue weighted by molar-refractivity contribution is 5.80. The van der Waals surface area contributed by atoms with Crippen LogP contribution in [0.5, 0.6) is 5.75 Å². The molecule has 1 aromatic carbocycles. The van der Waals surface area contributed by atoms with Gasteiger partial charge in [-0.15, -0.1) is 0 Å². The minimum Gasteiger partial charge on any atom is -0.481 e. The Labute approximate surface area is 102 Å². The van der Waals surface area contributed by atoms with Gasteiger partial charge in [-0.05, 0) is 25.5 Å². The third kappa shape index (κ3) is 4.76. The number of amides is 1. The number of carbonyl (C=O) groups is 1. The Balaban J connectivity index is 2.43. The van der Waals surface area contributed by atoms with Gasteiger partial charge in [-0.25, -0.2) is 0 Å². The third-order valence-corrected chi connectivity index (χ3v) is 2.37. The van der Waals surface area contributed by atoms with Crippen LogP contribution in [0.15, 0.2) is 24.3 Å². The van der Waals surface area contributed by atoms with Crippen molar-refractivity contribution < 1.29 is 9.53 Å². The standard InChI is InChI=1S/C13H20N2O2/c1-3-4-8-15-13(16)10(2)17-12-7-5-6-11(14)9-12/h5-7,9-10H,3-4,8,14H2,1-2H3,(H,15,16)/t10-/m1/s1. The molecule has 94 valence electrons. The minimum absolute atomic E-state index is 0.0964. The van der Waals surface area contributed by atoms with E-state index in [1.54, 1.807) is 31.2 Å². The van der Waals surface area contributed by atoms with Crippen LogP contribution in [0.1, 0.15) is 26.7 Å². The van der Waals surface area contributed by atoms with E-state index in [-0.39, 0.29) is 5.91 Å². The number of benzene rings is 1. The van der Waals surface area contributed by atoms with E-state index in [2.05, 4.69) is 12.2 Å². The lowest BCUT2D eigenvalue weighted by Gasteiger charge is -2.14. The average molecular weight is 236 g/mol. The highest BCUT2D eigenvalue weighted by atomic mass is 16.5. The molecule has 0 unspecified atom stereocenters. The average Bonchev–Trinajstić information content (AvgIpc) is 2.29. The fourth-order valence-electron chi connectivity index (χ4n) is 1.38. The SMILES string of the molecule is CCCCNC(=O)[C@@H](C)Oc1cccc(N)c1. The van der Waals surface area contributed by atoms with Crippen molar-refractivity contribution in [3.63, 3.8) is 0 Å². The molecule has 0 saturated carbocycles. The van der Waals surface area contributed by atoms with Crippen molar-refractivity contribution in [1.82, 2.24) is 5.32 Å². The van der Waals surface area contributed by atoms with Crippen LogP contribution in [0.2, 0.25) is 0 Å². The normalized spacial score (nSPS) is 11.9. The summed E-state index contributed by atoms with van der Waals surface area (Å²) < 4.78 is 5.50. The van der Waals surface area contributed by atoms with E-state index in [9.17, 15) is 4.79 Å². The predicted molar refractivity (Wildman–Crippen MR) is 68.9 cm³/mol. The Hall–Kier alpha value is -1.71. The maximum Gasteiger partial charge on any atom is 0.260 e. The lowest BCUT2D eigenvalue weighted by Crippen LogP contribution is -2.36. The first-order chi connectivity index (χ1) is 8.13. The number of anilines is 1. The second-order valence-electron chi connectivity index (χ2n) is 3.98. The minimum atomic E-state index is -0.506. The maximum absolute atomic E-state index is 11.6. The van der Waals surface area contributed by atoms with E-state index in [4.69, 9.17) is 10.5 Å². The zero-order chi connectivity index (χ0) is 12.7. The lowest BCUT2D eigenvalue weighted by molar-refractivity contribution is -0.127. The van der Waals surface area contributed by atoms with Gasteiger partial charge in [0.25, 0.3) is 5.91 Å². The molecular formula is C13H20N2O2. The quantitative estimate of drug-likeness (QED) is 0.586. The van der Waals surface area contributed by atoms with Gasteiger partial charge in [0.2, 0.25) is 0 Å². The smallest absolute Gasteiger partial charge is 0.260 e. The largest absolute Gasteiger partial charge is 0.481 e. The van der Waals surface area contributed by atoms with E-state index in [1.165, 1.54) is 0 Å². The molecule has 17 heavy (non-hydrogen) atoms. The van der Waals surface area contributed by atoms with Gasteiger partial charge in [-0.2, -0.15) is 0 Å². The van der Waals surface area contributed by atoms with Crippen LogP contribution in [-0.4, -0.2) is 18.6 Å². The molecule has 0 aromatic heterocycles. The number of carbonyl (C=O) groups excluding carboxylic acids is 1. The summed E-state index contributed by atoms with van der Waals surface area (Å²) in [5, 5.41) is 2.82. The van der Waals surface area contributed by atoms with Crippen LogP contribution < -0.4 is 15.8 Å². The van der Waals surface area contributed by atoms with Crippen molar-refractivity contribution in [2.75, 3.05) is 12.3 Å². The van der Waals surface area contributed by atoms with E-state index >= 15 is 0 Å². The Morgan fingerprint density at radius 3 is 2.94 bits per heavy atom. The molecule has 3 N–H and O–H groups in total. The Bertz CT molecular complexity index is 366.